The summed E-state index contributed by atoms with van der Waals surface area (Å²) < 4.78 is 43.0. The predicted octanol–water partition coefficient (Wildman–Crippen LogP) is 5.52. The average Bonchev–Trinajstić information content (AvgIpc) is 3.54. The Morgan fingerprint density at radius 2 is 1.76 bits per heavy atom. The summed E-state index contributed by atoms with van der Waals surface area (Å²) in [7, 11) is 1.94. The molecule has 2 aromatic rings. The van der Waals surface area contributed by atoms with Gasteiger partial charge in [0.2, 0.25) is 0 Å². The molecule has 2 fully saturated rings. The quantitative estimate of drug-likeness (QED) is 0.455. The number of benzene rings is 1. The molecule has 2 saturated carbocycles. The molecular formula is C27H35F3N4O3. The van der Waals surface area contributed by atoms with Crippen molar-refractivity contribution in [2.24, 2.45) is 0 Å². The van der Waals surface area contributed by atoms with Crippen LogP contribution in [0.3, 0.4) is 0 Å². The van der Waals surface area contributed by atoms with Gasteiger partial charge in [-0.3, -0.25) is 14.3 Å². The zero-order valence-corrected chi connectivity index (χ0v) is 21.1. The smallest absolute Gasteiger partial charge is 0.417 e. The van der Waals surface area contributed by atoms with E-state index in [4.69, 9.17) is 0 Å². The number of carboxylic acids is 1. The lowest BCUT2D eigenvalue weighted by molar-refractivity contribution is -0.138. The van der Waals surface area contributed by atoms with Gasteiger partial charge in [-0.1, -0.05) is 50.3 Å². The highest BCUT2D eigenvalue weighted by atomic mass is 19.4. The Hall–Kier alpha value is -2.88. The minimum Gasteiger partial charge on any atom is -0.481 e. The summed E-state index contributed by atoms with van der Waals surface area (Å²) in [6.45, 7) is 0.371. The van der Waals surface area contributed by atoms with E-state index in [1.54, 1.807) is 10.7 Å². The number of amides is 1. The zero-order chi connectivity index (χ0) is 26.6. The molecule has 2 aliphatic rings. The minimum absolute atomic E-state index is 0.00501. The summed E-state index contributed by atoms with van der Waals surface area (Å²) in [6.07, 6.45) is 4.17. The molecule has 0 aliphatic heterocycles. The summed E-state index contributed by atoms with van der Waals surface area (Å²) in [5, 5.41) is 16.7. The van der Waals surface area contributed by atoms with Crippen LogP contribution in [0.4, 0.5) is 13.2 Å². The van der Waals surface area contributed by atoms with Gasteiger partial charge in [0, 0.05) is 18.2 Å². The first-order valence-electron chi connectivity index (χ1n) is 13.1. The molecule has 37 heavy (non-hydrogen) atoms. The zero-order valence-electron chi connectivity index (χ0n) is 21.1. The number of nitrogens with zero attached hydrogens (tertiary/aromatic N) is 3. The topological polar surface area (TPSA) is 87.5 Å². The second kappa shape index (κ2) is 11.7. The molecule has 2 aliphatic carbocycles. The lowest BCUT2D eigenvalue weighted by atomic mass is 9.94. The Kier molecular flexibility index (Phi) is 8.56. The van der Waals surface area contributed by atoms with Crippen LogP contribution in [0.25, 0.3) is 11.3 Å². The second-order valence-corrected chi connectivity index (χ2v) is 10.3. The van der Waals surface area contributed by atoms with E-state index >= 15 is 0 Å². The molecule has 1 atom stereocenters. The molecule has 4 rings (SSSR count). The molecule has 1 amide bonds. The lowest BCUT2D eigenvalue weighted by Gasteiger charge is -2.33. The molecular weight excluding hydrogens is 485 g/mol. The second-order valence-electron chi connectivity index (χ2n) is 10.3. The third kappa shape index (κ3) is 6.71. The molecule has 0 saturated heterocycles. The number of hydrogen-bond donors (Lipinski definition) is 2. The summed E-state index contributed by atoms with van der Waals surface area (Å²) in [6, 6.07) is 6.32. The van der Waals surface area contributed by atoms with Gasteiger partial charge in [0.25, 0.3) is 5.91 Å². The molecule has 0 unspecified atom stereocenters. The van der Waals surface area contributed by atoms with Crippen molar-refractivity contribution >= 4 is 11.9 Å². The van der Waals surface area contributed by atoms with E-state index in [0.717, 1.165) is 57.4 Å². The van der Waals surface area contributed by atoms with Crippen LogP contribution >= 0.6 is 0 Å². The summed E-state index contributed by atoms with van der Waals surface area (Å²) in [4.78, 5) is 26.9. The number of carbonyl (C=O) groups is 2. The number of aliphatic carboxylic acids is 1. The van der Waals surface area contributed by atoms with Crippen LogP contribution in [0.2, 0.25) is 0 Å². The fraction of sp³-hybridized carbons (Fsp3) is 0.593. The van der Waals surface area contributed by atoms with Gasteiger partial charge in [-0.2, -0.15) is 18.3 Å². The van der Waals surface area contributed by atoms with Gasteiger partial charge in [-0.15, -0.1) is 0 Å². The van der Waals surface area contributed by atoms with Gasteiger partial charge in [-0.05, 0) is 44.9 Å². The van der Waals surface area contributed by atoms with Gasteiger partial charge < -0.3 is 15.3 Å². The van der Waals surface area contributed by atoms with Crippen molar-refractivity contribution in [3.05, 3.63) is 41.6 Å². The summed E-state index contributed by atoms with van der Waals surface area (Å²) in [5.74, 6) is -1.61. The van der Waals surface area contributed by atoms with Crippen molar-refractivity contribution in [2.45, 2.75) is 88.5 Å². The first-order chi connectivity index (χ1) is 17.6. The normalized spacial score (nSPS) is 18.3. The van der Waals surface area contributed by atoms with Crippen LogP contribution < -0.4 is 5.32 Å². The maximum atomic E-state index is 13.8. The van der Waals surface area contributed by atoms with Gasteiger partial charge >= 0.3 is 12.1 Å². The van der Waals surface area contributed by atoms with Crippen LogP contribution in [0.15, 0.2) is 30.3 Å². The van der Waals surface area contributed by atoms with Gasteiger partial charge in [-0.25, -0.2) is 0 Å². The highest BCUT2D eigenvalue weighted by Crippen LogP contribution is 2.40. The summed E-state index contributed by atoms with van der Waals surface area (Å²) >= 11 is 0. The number of carbonyl (C=O) groups excluding carboxylic acids is 1. The van der Waals surface area contributed by atoms with E-state index in [1.807, 2.05) is 7.05 Å². The largest absolute Gasteiger partial charge is 0.481 e. The summed E-state index contributed by atoms with van der Waals surface area (Å²) in [5.41, 5.74) is -0.555. The first kappa shape index (κ1) is 27.2. The molecule has 202 valence electrons. The number of nitrogens with one attached hydrogen (secondary N) is 1. The highest BCUT2D eigenvalue weighted by molar-refractivity contribution is 5.94. The molecule has 10 heteroatoms. The van der Waals surface area contributed by atoms with Crippen molar-refractivity contribution in [3.63, 3.8) is 0 Å². The van der Waals surface area contributed by atoms with Crippen molar-refractivity contribution in [2.75, 3.05) is 13.6 Å². The molecule has 0 bridgehead atoms. The Morgan fingerprint density at radius 1 is 1.11 bits per heavy atom. The first-order valence-corrected chi connectivity index (χ1v) is 13.1. The van der Waals surface area contributed by atoms with Crippen LogP contribution in [0.1, 0.15) is 86.3 Å². The van der Waals surface area contributed by atoms with Crippen molar-refractivity contribution in [1.82, 2.24) is 20.0 Å². The number of alkyl halides is 3. The number of halogens is 3. The number of hydrogen-bond acceptors (Lipinski definition) is 4. The minimum atomic E-state index is -4.56. The molecule has 7 nitrogen and oxygen atoms in total. The third-order valence-corrected chi connectivity index (χ3v) is 7.61. The number of rotatable bonds is 9. The van der Waals surface area contributed by atoms with E-state index in [9.17, 15) is 27.9 Å². The highest BCUT2D eigenvalue weighted by Gasteiger charge is 2.35. The lowest BCUT2D eigenvalue weighted by Crippen LogP contribution is -2.47. The number of aromatic nitrogens is 2. The molecule has 0 spiro atoms. The number of likely N-dealkylation sites (N-methyl/N-ethyl adjacent to an activating group) is 1. The van der Waals surface area contributed by atoms with Gasteiger partial charge in [0.15, 0.2) is 5.69 Å². The number of carboxylic acid groups (broad SMARTS) is 1. The van der Waals surface area contributed by atoms with E-state index < -0.39 is 29.7 Å². The van der Waals surface area contributed by atoms with E-state index in [-0.39, 0.29) is 29.4 Å². The predicted molar refractivity (Wildman–Crippen MR) is 133 cm³/mol. The van der Waals surface area contributed by atoms with Gasteiger partial charge in [0.05, 0.1) is 29.8 Å². The van der Waals surface area contributed by atoms with Crippen molar-refractivity contribution in [3.8, 4) is 11.3 Å². The maximum Gasteiger partial charge on any atom is 0.417 e. The molecule has 2 N–H and O–H groups in total. The standard InChI is InChI=1S/C27H35F3N4O3/c1-33(19-9-3-2-4-10-19)17-18(15-25(35)36)31-26(37)23-16-24(34(32-23)20-11-5-6-12-20)21-13-7-8-14-22(21)27(28,29)30/h7-8,13-14,16,18-20H,2-6,9-12,15,17H2,1H3,(H,31,37)(H,35,36)/t18-/m1/s1. The van der Waals surface area contributed by atoms with E-state index in [1.165, 1.54) is 24.6 Å². The Bertz CT molecular complexity index is 1090. The SMILES string of the molecule is CN(C[C@@H](CC(=O)O)NC(=O)c1cc(-c2ccccc2C(F)(F)F)n(C2CCCC2)n1)C1CCCCC1. The van der Waals surface area contributed by atoms with Crippen LogP contribution in [-0.2, 0) is 11.0 Å². The van der Waals surface area contributed by atoms with Crippen LogP contribution in [0, 0.1) is 0 Å². The van der Waals surface area contributed by atoms with E-state index in [2.05, 4.69) is 15.3 Å². The van der Waals surface area contributed by atoms with E-state index in [0.29, 0.717) is 12.6 Å². The molecule has 1 aromatic heterocycles. The molecule has 1 heterocycles. The fourth-order valence-electron chi connectivity index (χ4n) is 5.74. The molecule has 0 radical (unpaired) electrons. The van der Waals surface area contributed by atoms with Crippen LogP contribution in [0.5, 0.6) is 0 Å². The fourth-order valence-corrected chi connectivity index (χ4v) is 5.74. The average molecular weight is 521 g/mol. The Labute approximate surface area is 215 Å². The van der Waals surface area contributed by atoms with Crippen molar-refractivity contribution < 1.29 is 27.9 Å². The van der Waals surface area contributed by atoms with Crippen LogP contribution in [-0.4, -0.2) is 57.3 Å². The third-order valence-electron chi connectivity index (χ3n) is 7.61. The molecule has 1 aromatic carbocycles. The monoisotopic (exact) mass is 520 g/mol. The van der Waals surface area contributed by atoms with Gasteiger partial charge in [0.1, 0.15) is 0 Å². The maximum absolute atomic E-state index is 13.8. The van der Waals surface area contributed by atoms with Crippen molar-refractivity contribution in [1.29, 1.82) is 0 Å². The Balaban J connectivity index is 1.60. The Morgan fingerprint density at radius 3 is 2.41 bits per heavy atom.